The average Bonchev–Trinajstić information content (AvgIpc) is 3.33. The first-order chi connectivity index (χ1) is 12.5. The molecule has 0 aromatic carbocycles. The lowest BCUT2D eigenvalue weighted by atomic mass is 9.98. The van der Waals surface area contributed by atoms with E-state index in [0.29, 0.717) is 6.54 Å². The minimum Gasteiger partial charge on any atom is -0.318 e. The van der Waals surface area contributed by atoms with Gasteiger partial charge in [0.25, 0.3) is 5.91 Å². The second kappa shape index (κ2) is 6.98. The lowest BCUT2D eigenvalue weighted by molar-refractivity contribution is -0.919. The third kappa shape index (κ3) is 3.11. The Kier molecular flexibility index (Phi) is 4.69. The summed E-state index contributed by atoms with van der Waals surface area (Å²) in [6.45, 7) is 5.36. The predicted octanol–water partition coefficient (Wildman–Crippen LogP) is 2.33. The van der Waals surface area contributed by atoms with Crippen LogP contribution in [0.25, 0.3) is 0 Å². The molecule has 0 bridgehead atoms. The van der Waals surface area contributed by atoms with Gasteiger partial charge in [-0.2, -0.15) is 5.10 Å². The van der Waals surface area contributed by atoms with Crippen LogP contribution in [0.15, 0.2) is 29.0 Å². The molecule has 26 heavy (non-hydrogen) atoms. The number of hydrogen-bond donors (Lipinski definition) is 2. The molecule has 1 aliphatic heterocycles. The summed E-state index contributed by atoms with van der Waals surface area (Å²) in [4.78, 5) is 16.9. The number of aryl methyl sites for hydroxylation is 2. The summed E-state index contributed by atoms with van der Waals surface area (Å²) in [6, 6.07) is 6.78. The highest BCUT2D eigenvalue weighted by Crippen LogP contribution is 2.31. The van der Waals surface area contributed by atoms with Gasteiger partial charge < -0.3 is 10.2 Å². The summed E-state index contributed by atoms with van der Waals surface area (Å²) in [5.74, 6) is 0.0550. The predicted molar refractivity (Wildman–Crippen MR) is 106 cm³/mol. The number of aromatic nitrogens is 2. The Morgan fingerprint density at radius 2 is 2.19 bits per heavy atom. The van der Waals surface area contributed by atoms with Crippen LogP contribution in [0.3, 0.4) is 0 Å². The van der Waals surface area contributed by atoms with E-state index >= 15 is 0 Å². The highest BCUT2D eigenvalue weighted by molar-refractivity contribution is 7.10. The standard InChI is InChI=1S/C19H22N4OS2/c1-12-18(13(2)22(3)21-12)20-17(24)11-23-8-6-15-14(7-10-26-15)19(23)16-5-4-9-25-16/h4-5,7,9-10,19H,6,8,11H2,1-3H3,(H,20,24)/p+1/t19-/m1/s1. The van der Waals surface area contributed by atoms with Crippen LogP contribution in [0.5, 0.6) is 0 Å². The van der Waals surface area contributed by atoms with Gasteiger partial charge in [0.2, 0.25) is 0 Å². The number of nitrogens with one attached hydrogen (secondary N) is 2. The van der Waals surface area contributed by atoms with E-state index in [1.54, 1.807) is 11.3 Å². The number of fused-ring (bicyclic) bond motifs is 1. The number of carbonyl (C=O) groups excluding carboxylic acids is 1. The van der Waals surface area contributed by atoms with Crippen LogP contribution in [0.4, 0.5) is 5.69 Å². The summed E-state index contributed by atoms with van der Waals surface area (Å²) in [5, 5.41) is 11.8. The number of thiophene rings is 2. The third-order valence-electron chi connectivity index (χ3n) is 5.16. The molecular formula is C19H23N4OS2+. The maximum Gasteiger partial charge on any atom is 0.279 e. The molecule has 2 atom stereocenters. The zero-order valence-corrected chi connectivity index (χ0v) is 16.8. The number of rotatable bonds is 4. The van der Waals surface area contributed by atoms with Gasteiger partial charge in [-0.1, -0.05) is 6.07 Å². The summed E-state index contributed by atoms with van der Waals surface area (Å²) >= 11 is 3.61. The highest BCUT2D eigenvalue weighted by Gasteiger charge is 2.35. The Hall–Kier alpha value is -1.96. The van der Waals surface area contributed by atoms with Crippen molar-refractivity contribution in [3.8, 4) is 0 Å². The first-order valence-electron chi connectivity index (χ1n) is 8.79. The summed E-state index contributed by atoms with van der Waals surface area (Å²) in [5.41, 5.74) is 4.08. The van der Waals surface area contributed by atoms with Crippen molar-refractivity contribution in [3.05, 3.63) is 55.7 Å². The number of carbonyl (C=O) groups is 1. The molecule has 0 radical (unpaired) electrons. The molecule has 136 valence electrons. The Morgan fingerprint density at radius 1 is 1.35 bits per heavy atom. The largest absolute Gasteiger partial charge is 0.318 e. The number of nitrogens with zero attached hydrogens (tertiary/aromatic N) is 2. The molecule has 4 rings (SSSR count). The summed E-state index contributed by atoms with van der Waals surface area (Å²) in [6.07, 6.45) is 1.04. The van der Waals surface area contributed by atoms with Crippen LogP contribution in [-0.4, -0.2) is 28.8 Å². The van der Waals surface area contributed by atoms with Crippen molar-refractivity contribution in [1.29, 1.82) is 0 Å². The first-order valence-corrected chi connectivity index (χ1v) is 10.5. The fourth-order valence-corrected chi connectivity index (χ4v) is 5.62. The quantitative estimate of drug-likeness (QED) is 0.722. The van der Waals surface area contributed by atoms with Gasteiger partial charge in [-0.15, -0.1) is 22.7 Å². The molecule has 0 spiro atoms. The van der Waals surface area contributed by atoms with Crippen molar-refractivity contribution in [3.63, 3.8) is 0 Å². The lowest BCUT2D eigenvalue weighted by Gasteiger charge is -2.31. The number of anilines is 1. The monoisotopic (exact) mass is 387 g/mol. The van der Waals surface area contributed by atoms with Gasteiger partial charge in [-0.25, -0.2) is 0 Å². The smallest absolute Gasteiger partial charge is 0.279 e. The van der Waals surface area contributed by atoms with Crippen molar-refractivity contribution in [2.75, 3.05) is 18.4 Å². The van der Waals surface area contributed by atoms with E-state index in [0.717, 1.165) is 30.0 Å². The van der Waals surface area contributed by atoms with Crippen LogP contribution in [0.2, 0.25) is 0 Å². The van der Waals surface area contributed by atoms with E-state index in [2.05, 4.69) is 39.4 Å². The normalized spacial score (nSPS) is 19.3. The Morgan fingerprint density at radius 3 is 2.88 bits per heavy atom. The molecule has 1 unspecified atom stereocenters. The number of quaternary nitrogens is 1. The molecule has 2 N–H and O–H groups in total. The Balaban J connectivity index is 1.56. The van der Waals surface area contributed by atoms with Crippen LogP contribution in [0, 0.1) is 13.8 Å². The minimum atomic E-state index is 0.0550. The van der Waals surface area contributed by atoms with Gasteiger partial charge in [0.1, 0.15) is 6.04 Å². The van der Waals surface area contributed by atoms with Gasteiger partial charge in [0, 0.05) is 23.9 Å². The van der Waals surface area contributed by atoms with Crippen LogP contribution in [0.1, 0.15) is 32.7 Å². The van der Waals surface area contributed by atoms with Gasteiger partial charge in [0.05, 0.1) is 28.5 Å². The summed E-state index contributed by atoms with van der Waals surface area (Å²) in [7, 11) is 1.90. The minimum absolute atomic E-state index is 0.0550. The van der Waals surface area contributed by atoms with Crippen LogP contribution in [-0.2, 0) is 18.3 Å². The Labute approximate surface area is 161 Å². The van der Waals surface area contributed by atoms with Crippen LogP contribution < -0.4 is 10.2 Å². The molecular weight excluding hydrogens is 364 g/mol. The molecule has 1 aliphatic rings. The van der Waals surface area contributed by atoms with Gasteiger partial charge in [-0.05, 0) is 36.7 Å². The molecule has 7 heteroatoms. The maximum atomic E-state index is 12.8. The van der Waals surface area contributed by atoms with Gasteiger partial charge in [0.15, 0.2) is 6.54 Å². The van der Waals surface area contributed by atoms with Gasteiger partial charge >= 0.3 is 0 Å². The molecule has 1 amide bonds. The Bertz CT molecular complexity index is 926. The molecule has 3 aromatic rings. The van der Waals surface area contributed by atoms with Crippen molar-refractivity contribution >= 4 is 34.3 Å². The maximum absolute atomic E-state index is 12.8. The van der Waals surface area contributed by atoms with Crippen molar-refractivity contribution < 1.29 is 9.69 Å². The average molecular weight is 388 g/mol. The van der Waals surface area contributed by atoms with E-state index in [1.807, 2.05) is 36.9 Å². The molecule has 4 heterocycles. The fourth-order valence-electron chi connectivity index (χ4n) is 3.79. The molecule has 0 saturated heterocycles. The van der Waals surface area contributed by atoms with Gasteiger partial charge in [-0.3, -0.25) is 9.48 Å². The van der Waals surface area contributed by atoms with Crippen molar-refractivity contribution in [1.82, 2.24) is 9.78 Å². The van der Waals surface area contributed by atoms with E-state index in [-0.39, 0.29) is 11.9 Å². The van der Waals surface area contributed by atoms with E-state index < -0.39 is 0 Å². The fraction of sp³-hybridized carbons (Fsp3) is 0.368. The second-order valence-electron chi connectivity index (χ2n) is 6.80. The topological polar surface area (TPSA) is 51.4 Å². The highest BCUT2D eigenvalue weighted by atomic mass is 32.1. The SMILES string of the molecule is Cc1nn(C)c(C)c1NC(=O)C[NH+]1CCc2sccc2[C@@H]1c1cccs1. The molecule has 5 nitrogen and oxygen atoms in total. The third-order valence-corrected chi connectivity index (χ3v) is 7.09. The van der Waals surface area contributed by atoms with E-state index in [1.165, 1.54) is 20.2 Å². The van der Waals surface area contributed by atoms with E-state index in [4.69, 9.17) is 0 Å². The lowest BCUT2D eigenvalue weighted by Crippen LogP contribution is -3.14. The second-order valence-corrected chi connectivity index (χ2v) is 8.78. The zero-order valence-electron chi connectivity index (χ0n) is 15.2. The van der Waals surface area contributed by atoms with E-state index in [9.17, 15) is 4.79 Å². The molecule has 3 aromatic heterocycles. The molecule has 0 aliphatic carbocycles. The molecule has 0 saturated carbocycles. The van der Waals surface area contributed by atoms with Crippen molar-refractivity contribution in [2.45, 2.75) is 26.3 Å². The summed E-state index contributed by atoms with van der Waals surface area (Å²) < 4.78 is 1.81. The number of hydrogen-bond acceptors (Lipinski definition) is 4. The zero-order chi connectivity index (χ0) is 18.3. The first kappa shape index (κ1) is 17.5. The van der Waals surface area contributed by atoms with Crippen LogP contribution >= 0.6 is 22.7 Å². The number of amides is 1. The van der Waals surface area contributed by atoms with Crippen molar-refractivity contribution in [2.24, 2.45) is 7.05 Å². The molecule has 0 fully saturated rings.